The van der Waals surface area contributed by atoms with Crippen molar-refractivity contribution in [2.24, 2.45) is 34.5 Å². The highest BCUT2D eigenvalue weighted by atomic mass is 16.6. The molecule has 1 aliphatic heterocycles. The van der Waals surface area contributed by atoms with Gasteiger partial charge in [0, 0.05) is 24.7 Å². The third-order valence-corrected chi connectivity index (χ3v) is 9.74. The molecule has 0 amide bonds. The lowest BCUT2D eigenvalue weighted by molar-refractivity contribution is -0.192. The van der Waals surface area contributed by atoms with Crippen molar-refractivity contribution in [3.05, 3.63) is 11.6 Å². The summed E-state index contributed by atoms with van der Waals surface area (Å²) in [5.74, 6) is -0.728. The Hall–Kier alpha value is -1.69. The van der Waals surface area contributed by atoms with Crippen LogP contribution in [0.25, 0.3) is 0 Å². The number of hydrogen-bond donors (Lipinski definition) is 1. The van der Waals surface area contributed by atoms with Crippen molar-refractivity contribution in [1.82, 2.24) is 0 Å². The van der Waals surface area contributed by atoms with Gasteiger partial charge in [-0.05, 0) is 55.3 Å². The molecule has 6 nitrogen and oxygen atoms in total. The molecule has 6 heteroatoms. The van der Waals surface area contributed by atoms with E-state index in [2.05, 4.69) is 13.8 Å². The van der Waals surface area contributed by atoms with Crippen molar-refractivity contribution in [1.29, 1.82) is 0 Å². The van der Waals surface area contributed by atoms with E-state index in [1.165, 1.54) is 7.11 Å². The van der Waals surface area contributed by atoms with E-state index in [-0.39, 0.29) is 46.3 Å². The highest BCUT2D eigenvalue weighted by Crippen LogP contribution is 2.70. The average Bonchev–Trinajstić information content (AvgIpc) is 3.21. The molecule has 0 aromatic rings. The summed E-state index contributed by atoms with van der Waals surface area (Å²) in [6, 6.07) is 0. The SMILES string of the molecule is COC(=O)[C@@H]1C=C2CC(=O)CC[C@]2(C)C2C1C1CC[C@@]3(CCC(=O)O3)[C@@]1(C)C[C@H]2O. The maximum Gasteiger partial charge on any atom is 0.312 e. The fourth-order valence-corrected chi connectivity index (χ4v) is 8.26. The lowest BCUT2D eigenvalue weighted by Crippen LogP contribution is -2.62. The van der Waals surface area contributed by atoms with Crippen molar-refractivity contribution in [2.75, 3.05) is 7.11 Å². The summed E-state index contributed by atoms with van der Waals surface area (Å²) in [7, 11) is 1.41. The second-order valence-corrected chi connectivity index (χ2v) is 10.8. The number of esters is 2. The Morgan fingerprint density at radius 3 is 2.63 bits per heavy atom. The Morgan fingerprint density at radius 2 is 1.97 bits per heavy atom. The summed E-state index contributed by atoms with van der Waals surface area (Å²) < 4.78 is 11.1. The number of hydrogen-bond acceptors (Lipinski definition) is 6. The highest BCUT2D eigenvalue weighted by Gasteiger charge is 2.70. The molecule has 0 bridgehead atoms. The maximum atomic E-state index is 12.9. The number of fused-ring (bicyclic) bond motifs is 6. The molecule has 8 atom stereocenters. The predicted molar refractivity (Wildman–Crippen MR) is 107 cm³/mol. The van der Waals surface area contributed by atoms with Crippen LogP contribution in [-0.2, 0) is 23.9 Å². The number of aliphatic hydroxyl groups is 1. The van der Waals surface area contributed by atoms with E-state index in [1.54, 1.807) is 0 Å². The van der Waals surface area contributed by atoms with Crippen LogP contribution >= 0.6 is 0 Å². The Kier molecular flexibility index (Phi) is 4.32. The number of ketones is 1. The first-order chi connectivity index (χ1) is 14.1. The minimum atomic E-state index is -0.611. The molecule has 4 fully saturated rings. The molecule has 0 radical (unpaired) electrons. The molecule has 4 aliphatic carbocycles. The van der Waals surface area contributed by atoms with Gasteiger partial charge < -0.3 is 14.6 Å². The van der Waals surface area contributed by atoms with Crippen molar-refractivity contribution >= 4 is 17.7 Å². The minimum Gasteiger partial charge on any atom is -0.469 e. The molecule has 5 rings (SSSR count). The molecule has 0 aromatic heterocycles. The Bertz CT molecular complexity index is 847. The second-order valence-electron chi connectivity index (χ2n) is 10.8. The van der Waals surface area contributed by atoms with E-state index in [9.17, 15) is 19.5 Å². The zero-order chi connectivity index (χ0) is 21.5. The van der Waals surface area contributed by atoms with Crippen LogP contribution < -0.4 is 0 Å². The van der Waals surface area contributed by atoms with Gasteiger partial charge in [0.05, 0.1) is 19.1 Å². The number of allylic oxidation sites excluding steroid dienone is 1. The van der Waals surface area contributed by atoms with Gasteiger partial charge in [-0.15, -0.1) is 0 Å². The van der Waals surface area contributed by atoms with Crippen molar-refractivity contribution in [3.8, 4) is 0 Å². The summed E-state index contributed by atoms with van der Waals surface area (Å²) in [4.78, 5) is 37.2. The fraction of sp³-hybridized carbons (Fsp3) is 0.792. The molecular formula is C24H32O6. The Morgan fingerprint density at radius 1 is 1.20 bits per heavy atom. The zero-order valence-corrected chi connectivity index (χ0v) is 18.1. The van der Waals surface area contributed by atoms with Crippen LogP contribution in [0, 0.1) is 34.5 Å². The normalized spacial score (nSPS) is 49.7. The van der Waals surface area contributed by atoms with Crippen LogP contribution in [0.5, 0.6) is 0 Å². The summed E-state index contributed by atoms with van der Waals surface area (Å²) in [5, 5.41) is 11.6. The van der Waals surface area contributed by atoms with Gasteiger partial charge in [-0.3, -0.25) is 14.4 Å². The average molecular weight is 417 g/mol. The van der Waals surface area contributed by atoms with E-state index in [4.69, 9.17) is 9.47 Å². The van der Waals surface area contributed by atoms with E-state index >= 15 is 0 Å². The third-order valence-electron chi connectivity index (χ3n) is 9.74. The molecule has 164 valence electrons. The van der Waals surface area contributed by atoms with Crippen LogP contribution in [0.15, 0.2) is 11.6 Å². The van der Waals surface area contributed by atoms with Gasteiger partial charge in [-0.1, -0.05) is 25.5 Å². The molecule has 1 spiro atoms. The van der Waals surface area contributed by atoms with Gasteiger partial charge >= 0.3 is 11.9 Å². The van der Waals surface area contributed by atoms with Crippen molar-refractivity contribution < 1.29 is 29.0 Å². The van der Waals surface area contributed by atoms with Crippen LogP contribution in [0.2, 0.25) is 0 Å². The van der Waals surface area contributed by atoms with Gasteiger partial charge in [0.1, 0.15) is 11.4 Å². The van der Waals surface area contributed by atoms with Gasteiger partial charge in [0.2, 0.25) is 0 Å². The number of rotatable bonds is 1. The monoisotopic (exact) mass is 416 g/mol. The number of carbonyl (C=O) groups excluding carboxylic acids is 3. The van der Waals surface area contributed by atoms with Crippen LogP contribution in [0.1, 0.15) is 65.2 Å². The lowest BCUT2D eigenvalue weighted by atomic mass is 9.44. The molecule has 3 saturated carbocycles. The third kappa shape index (κ3) is 2.43. The first-order valence-corrected chi connectivity index (χ1v) is 11.4. The number of carbonyl (C=O) groups is 3. The van der Waals surface area contributed by atoms with Crippen LogP contribution in [0.4, 0.5) is 0 Å². The molecular weight excluding hydrogens is 384 g/mol. The first-order valence-electron chi connectivity index (χ1n) is 11.4. The largest absolute Gasteiger partial charge is 0.469 e. The Labute approximate surface area is 177 Å². The van der Waals surface area contributed by atoms with Gasteiger partial charge in [-0.25, -0.2) is 0 Å². The molecule has 1 heterocycles. The zero-order valence-electron chi connectivity index (χ0n) is 18.1. The van der Waals surface area contributed by atoms with E-state index < -0.39 is 17.6 Å². The summed E-state index contributed by atoms with van der Waals surface area (Å²) in [6.45, 7) is 4.33. The summed E-state index contributed by atoms with van der Waals surface area (Å²) in [6.07, 6.45) is 6.34. The van der Waals surface area contributed by atoms with Gasteiger partial charge in [0.15, 0.2) is 0 Å². The van der Waals surface area contributed by atoms with Gasteiger partial charge in [-0.2, -0.15) is 0 Å². The summed E-state index contributed by atoms with van der Waals surface area (Å²) >= 11 is 0. The van der Waals surface area contributed by atoms with E-state index in [1.807, 2.05) is 6.08 Å². The standard InChI is InChI=1S/C24H32O6/c1-22-7-4-14(25)10-13(22)11-15(21(28)29-3)19-16-5-8-24(9-6-18(27)30-24)23(16,2)12-17(26)20(19)22/h11,15-17,19-20,26H,4-10,12H2,1-3H3/t15-,16?,17-,19?,20?,22+,23+,24-/m1/s1. The topological polar surface area (TPSA) is 89.9 Å². The number of Topliss-reactive ketones (excluding diaryl/α,β-unsaturated/α-hetero) is 1. The molecule has 3 unspecified atom stereocenters. The predicted octanol–water partition coefficient (Wildman–Crippen LogP) is 2.96. The van der Waals surface area contributed by atoms with Crippen LogP contribution in [0.3, 0.4) is 0 Å². The van der Waals surface area contributed by atoms with Crippen molar-refractivity contribution in [2.45, 2.75) is 76.9 Å². The molecule has 1 N–H and O–H groups in total. The molecule has 1 saturated heterocycles. The lowest BCUT2D eigenvalue weighted by Gasteiger charge is -2.61. The first kappa shape index (κ1) is 20.2. The maximum absolute atomic E-state index is 12.9. The number of methoxy groups -OCH3 is 1. The smallest absolute Gasteiger partial charge is 0.312 e. The molecule has 30 heavy (non-hydrogen) atoms. The summed E-state index contributed by atoms with van der Waals surface area (Å²) in [5.41, 5.74) is -0.183. The number of ether oxygens (including phenoxy) is 2. The highest BCUT2D eigenvalue weighted by molar-refractivity contribution is 5.84. The van der Waals surface area contributed by atoms with E-state index in [0.717, 1.165) is 18.4 Å². The second kappa shape index (κ2) is 6.41. The Balaban J connectivity index is 1.63. The molecule has 5 aliphatic rings. The fourth-order valence-electron chi connectivity index (χ4n) is 8.26. The van der Waals surface area contributed by atoms with Gasteiger partial charge in [0.25, 0.3) is 0 Å². The molecule has 0 aromatic carbocycles. The minimum absolute atomic E-state index is 0.0770. The quantitative estimate of drug-likeness (QED) is 0.522. The van der Waals surface area contributed by atoms with E-state index in [0.29, 0.717) is 38.5 Å². The van der Waals surface area contributed by atoms with Crippen molar-refractivity contribution in [3.63, 3.8) is 0 Å². The van der Waals surface area contributed by atoms with Crippen LogP contribution in [-0.4, -0.2) is 41.6 Å². The number of aliphatic hydroxyl groups excluding tert-OH is 1.